The summed E-state index contributed by atoms with van der Waals surface area (Å²) in [6.07, 6.45) is 0. The van der Waals surface area contributed by atoms with Crippen LogP contribution in [0.5, 0.6) is 5.75 Å². The van der Waals surface area contributed by atoms with Crippen molar-refractivity contribution >= 4 is 5.69 Å². The summed E-state index contributed by atoms with van der Waals surface area (Å²) in [4.78, 5) is 9.90. The molecule has 0 aliphatic carbocycles. The van der Waals surface area contributed by atoms with Crippen molar-refractivity contribution in [2.45, 2.75) is 20.5 Å². The first-order chi connectivity index (χ1) is 9.40. The second kappa shape index (κ2) is 5.28. The summed E-state index contributed by atoms with van der Waals surface area (Å²) < 4.78 is 21.0. The zero-order valence-corrected chi connectivity index (χ0v) is 11.4. The smallest absolute Gasteiger partial charge is 0.272 e. The van der Waals surface area contributed by atoms with E-state index in [2.05, 4.69) is 5.10 Å². The maximum Gasteiger partial charge on any atom is 0.272 e. The summed E-state index contributed by atoms with van der Waals surface area (Å²) in [5.41, 5.74) is 1.54. The van der Waals surface area contributed by atoms with Gasteiger partial charge in [-0.25, -0.2) is 4.39 Å². The Hall–Kier alpha value is -2.44. The van der Waals surface area contributed by atoms with Crippen LogP contribution in [0.2, 0.25) is 0 Å². The van der Waals surface area contributed by atoms with E-state index in [0.29, 0.717) is 11.4 Å². The summed E-state index contributed by atoms with van der Waals surface area (Å²) in [5, 5.41) is 14.7. The average Bonchev–Trinajstić information content (AvgIpc) is 2.62. The molecule has 106 valence electrons. The fraction of sp³-hybridized carbons (Fsp3) is 0.308. The molecule has 0 fully saturated rings. The lowest BCUT2D eigenvalue weighted by atomic mass is 10.2. The minimum Gasteiger partial charge on any atom is -0.485 e. The molecule has 6 nitrogen and oxygen atoms in total. The Morgan fingerprint density at radius 3 is 2.65 bits per heavy atom. The number of aryl methyl sites for hydroxylation is 2. The van der Waals surface area contributed by atoms with Crippen molar-refractivity contribution in [2.75, 3.05) is 0 Å². The Morgan fingerprint density at radius 2 is 2.15 bits per heavy atom. The van der Waals surface area contributed by atoms with E-state index in [1.807, 2.05) is 6.92 Å². The van der Waals surface area contributed by atoms with Gasteiger partial charge in [-0.1, -0.05) is 0 Å². The van der Waals surface area contributed by atoms with Gasteiger partial charge in [-0.05, 0) is 19.9 Å². The standard InChI is InChI=1S/C13H14FN3O3/c1-8-13(9(2)16(3)15-8)20-7-10-4-5-11(17(18)19)6-12(10)14/h4-6H,7H2,1-3H3. The van der Waals surface area contributed by atoms with Gasteiger partial charge in [-0.3, -0.25) is 14.8 Å². The molecule has 0 N–H and O–H groups in total. The van der Waals surface area contributed by atoms with Crippen LogP contribution in [0.25, 0.3) is 0 Å². The van der Waals surface area contributed by atoms with E-state index in [-0.39, 0.29) is 17.9 Å². The molecule has 1 aromatic heterocycles. The number of benzene rings is 1. The highest BCUT2D eigenvalue weighted by atomic mass is 19.1. The van der Waals surface area contributed by atoms with Crippen LogP contribution in [0.15, 0.2) is 18.2 Å². The van der Waals surface area contributed by atoms with Crippen LogP contribution in [0.3, 0.4) is 0 Å². The fourth-order valence-electron chi connectivity index (χ4n) is 1.88. The SMILES string of the molecule is Cc1nn(C)c(C)c1OCc1ccc([N+](=O)[O-])cc1F. The van der Waals surface area contributed by atoms with Gasteiger partial charge in [0.25, 0.3) is 5.69 Å². The minimum absolute atomic E-state index is 0.00278. The molecule has 7 heteroatoms. The van der Waals surface area contributed by atoms with Crippen molar-refractivity contribution in [3.8, 4) is 5.75 Å². The number of halogens is 1. The molecule has 0 unspecified atom stereocenters. The number of aromatic nitrogens is 2. The van der Waals surface area contributed by atoms with Gasteiger partial charge in [0.1, 0.15) is 18.1 Å². The molecule has 0 amide bonds. The Balaban J connectivity index is 2.17. The number of hydrogen-bond donors (Lipinski definition) is 0. The lowest BCUT2D eigenvalue weighted by molar-refractivity contribution is -0.385. The van der Waals surface area contributed by atoms with E-state index in [4.69, 9.17) is 4.74 Å². The van der Waals surface area contributed by atoms with Gasteiger partial charge in [0.05, 0.1) is 16.7 Å². The molecule has 0 atom stereocenters. The van der Waals surface area contributed by atoms with Crippen LogP contribution in [-0.2, 0) is 13.7 Å². The van der Waals surface area contributed by atoms with Crippen molar-refractivity contribution in [3.63, 3.8) is 0 Å². The summed E-state index contributed by atoms with van der Waals surface area (Å²) in [6, 6.07) is 3.50. The Morgan fingerprint density at radius 1 is 1.45 bits per heavy atom. The van der Waals surface area contributed by atoms with Crippen molar-refractivity contribution in [1.82, 2.24) is 9.78 Å². The molecule has 1 heterocycles. The van der Waals surface area contributed by atoms with Crippen LogP contribution in [0.4, 0.5) is 10.1 Å². The molecule has 2 aromatic rings. The van der Waals surface area contributed by atoms with Crippen LogP contribution >= 0.6 is 0 Å². The van der Waals surface area contributed by atoms with Crippen LogP contribution in [0.1, 0.15) is 17.0 Å². The fourth-order valence-corrected chi connectivity index (χ4v) is 1.88. The molecular weight excluding hydrogens is 265 g/mol. The molecule has 1 aromatic carbocycles. The number of non-ortho nitro benzene ring substituents is 1. The highest BCUT2D eigenvalue weighted by Crippen LogP contribution is 2.24. The highest BCUT2D eigenvalue weighted by molar-refractivity contribution is 5.35. The molecule has 0 saturated heterocycles. The third-order valence-electron chi connectivity index (χ3n) is 3.06. The molecule has 2 rings (SSSR count). The van der Waals surface area contributed by atoms with Crippen LogP contribution in [-0.4, -0.2) is 14.7 Å². The van der Waals surface area contributed by atoms with Gasteiger partial charge in [-0.2, -0.15) is 5.10 Å². The van der Waals surface area contributed by atoms with E-state index in [1.165, 1.54) is 12.1 Å². The van der Waals surface area contributed by atoms with Gasteiger partial charge < -0.3 is 4.74 Å². The predicted octanol–water partition coefficient (Wildman–Crippen LogP) is 2.66. The predicted molar refractivity (Wildman–Crippen MR) is 70.1 cm³/mol. The van der Waals surface area contributed by atoms with Crippen molar-refractivity contribution in [2.24, 2.45) is 7.05 Å². The van der Waals surface area contributed by atoms with Gasteiger partial charge in [-0.15, -0.1) is 0 Å². The summed E-state index contributed by atoms with van der Waals surface area (Å²) in [5.74, 6) is -0.0522. The monoisotopic (exact) mass is 279 g/mol. The van der Waals surface area contributed by atoms with Crippen molar-refractivity contribution in [3.05, 3.63) is 51.1 Å². The highest BCUT2D eigenvalue weighted by Gasteiger charge is 2.14. The normalized spacial score (nSPS) is 10.6. The average molecular weight is 279 g/mol. The number of nitro groups is 1. The van der Waals surface area contributed by atoms with Gasteiger partial charge in [0, 0.05) is 18.7 Å². The molecule has 0 aliphatic rings. The van der Waals surface area contributed by atoms with E-state index in [1.54, 1.807) is 18.7 Å². The molecular formula is C13H14FN3O3. The lowest BCUT2D eigenvalue weighted by Crippen LogP contribution is -2.01. The number of rotatable bonds is 4. The second-order valence-corrected chi connectivity index (χ2v) is 4.45. The molecule has 0 saturated carbocycles. The van der Waals surface area contributed by atoms with E-state index < -0.39 is 10.7 Å². The largest absolute Gasteiger partial charge is 0.485 e. The van der Waals surface area contributed by atoms with E-state index in [9.17, 15) is 14.5 Å². The van der Waals surface area contributed by atoms with E-state index in [0.717, 1.165) is 11.8 Å². The number of nitro benzene ring substituents is 1. The van der Waals surface area contributed by atoms with Gasteiger partial charge >= 0.3 is 0 Å². The quantitative estimate of drug-likeness (QED) is 0.637. The van der Waals surface area contributed by atoms with Crippen molar-refractivity contribution < 1.29 is 14.1 Å². The van der Waals surface area contributed by atoms with Gasteiger partial charge in [0.2, 0.25) is 0 Å². The van der Waals surface area contributed by atoms with Crippen LogP contribution < -0.4 is 4.74 Å². The Bertz CT molecular complexity index is 667. The first kappa shape index (κ1) is 14.0. The molecule has 0 aliphatic heterocycles. The Kier molecular flexibility index (Phi) is 3.69. The number of nitrogens with zero attached hydrogens (tertiary/aromatic N) is 3. The molecule has 0 spiro atoms. The zero-order valence-electron chi connectivity index (χ0n) is 11.4. The third kappa shape index (κ3) is 2.61. The topological polar surface area (TPSA) is 70.2 Å². The first-order valence-corrected chi connectivity index (χ1v) is 5.96. The maximum atomic E-state index is 13.7. The maximum absolute atomic E-state index is 13.7. The number of ether oxygens (including phenoxy) is 1. The van der Waals surface area contributed by atoms with E-state index >= 15 is 0 Å². The molecule has 20 heavy (non-hydrogen) atoms. The minimum atomic E-state index is -0.654. The third-order valence-corrected chi connectivity index (χ3v) is 3.06. The second-order valence-electron chi connectivity index (χ2n) is 4.45. The first-order valence-electron chi connectivity index (χ1n) is 5.96. The van der Waals surface area contributed by atoms with Crippen LogP contribution in [0, 0.1) is 29.8 Å². The Labute approximate surface area is 114 Å². The van der Waals surface area contributed by atoms with Gasteiger partial charge in [0.15, 0.2) is 5.75 Å². The number of hydrogen-bond acceptors (Lipinski definition) is 4. The lowest BCUT2D eigenvalue weighted by Gasteiger charge is -2.07. The zero-order chi connectivity index (χ0) is 14.9. The summed E-state index contributed by atoms with van der Waals surface area (Å²) in [6.45, 7) is 3.65. The molecule has 0 radical (unpaired) electrons. The molecule has 0 bridgehead atoms. The van der Waals surface area contributed by atoms with Crippen molar-refractivity contribution in [1.29, 1.82) is 0 Å². The summed E-state index contributed by atoms with van der Waals surface area (Å²) in [7, 11) is 1.79. The summed E-state index contributed by atoms with van der Waals surface area (Å²) >= 11 is 0.